The summed E-state index contributed by atoms with van der Waals surface area (Å²) in [5.74, 6) is 0. The van der Waals surface area contributed by atoms with E-state index in [1.54, 1.807) is 18.5 Å². The van der Waals surface area contributed by atoms with Crippen molar-refractivity contribution in [1.82, 2.24) is 4.98 Å². The Kier molecular flexibility index (Phi) is 3.55. The monoisotopic (exact) mass is 324 g/mol. The maximum absolute atomic E-state index is 12.6. The van der Waals surface area contributed by atoms with E-state index in [4.69, 9.17) is 0 Å². The molecule has 1 aliphatic rings. The number of hydrogen-bond acceptors (Lipinski definition) is 3. The van der Waals surface area contributed by atoms with Gasteiger partial charge < -0.3 is 10.0 Å². The zero-order chi connectivity index (χ0) is 13.4. The van der Waals surface area contributed by atoms with Gasteiger partial charge in [0, 0.05) is 38.3 Å². The molecule has 1 N–H and O–H groups in total. The molecule has 18 heavy (non-hydrogen) atoms. The largest absolute Gasteiger partial charge is 0.417 e. The van der Waals surface area contributed by atoms with Gasteiger partial charge in [-0.15, -0.1) is 0 Å². The van der Waals surface area contributed by atoms with Crippen molar-refractivity contribution in [3.05, 3.63) is 22.9 Å². The van der Waals surface area contributed by atoms with Crippen molar-refractivity contribution < 1.29 is 18.3 Å². The summed E-state index contributed by atoms with van der Waals surface area (Å²) in [7, 11) is 0. The highest BCUT2D eigenvalue weighted by atomic mass is 79.9. The van der Waals surface area contributed by atoms with Gasteiger partial charge in [0.15, 0.2) is 5.60 Å². The Hall–Kier alpha value is -0.820. The molecule has 3 nitrogen and oxygen atoms in total. The lowest BCUT2D eigenvalue weighted by Gasteiger charge is -2.40. The first kappa shape index (κ1) is 13.6. The van der Waals surface area contributed by atoms with E-state index in [1.165, 1.54) is 0 Å². The molecular weight excluding hydrogens is 313 g/mol. The van der Waals surface area contributed by atoms with Crippen LogP contribution in [0.15, 0.2) is 22.9 Å². The number of pyridine rings is 1. The molecule has 0 atom stereocenters. The second-order valence-corrected chi connectivity index (χ2v) is 5.20. The third kappa shape index (κ3) is 2.47. The van der Waals surface area contributed by atoms with Crippen molar-refractivity contribution in [3.63, 3.8) is 0 Å². The maximum atomic E-state index is 12.6. The molecule has 1 fully saturated rings. The van der Waals surface area contributed by atoms with E-state index in [-0.39, 0.29) is 25.9 Å². The second-order valence-electron chi connectivity index (χ2n) is 4.34. The van der Waals surface area contributed by atoms with Crippen LogP contribution in [0.25, 0.3) is 0 Å². The Balaban J connectivity index is 2.10. The molecule has 2 rings (SSSR count). The lowest BCUT2D eigenvalue weighted by molar-refractivity contribution is -0.266. The second kappa shape index (κ2) is 4.70. The highest BCUT2D eigenvalue weighted by molar-refractivity contribution is 9.10. The number of rotatable bonds is 1. The summed E-state index contributed by atoms with van der Waals surface area (Å²) in [4.78, 5) is 5.72. The summed E-state index contributed by atoms with van der Waals surface area (Å²) in [6, 6.07) is 1.74. The van der Waals surface area contributed by atoms with Crippen molar-refractivity contribution >= 4 is 21.6 Å². The number of anilines is 1. The van der Waals surface area contributed by atoms with Crippen LogP contribution in [0.5, 0.6) is 0 Å². The average molecular weight is 325 g/mol. The van der Waals surface area contributed by atoms with Crippen LogP contribution in [0.1, 0.15) is 12.8 Å². The van der Waals surface area contributed by atoms with Gasteiger partial charge in [-0.2, -0.15) is 13.2 Å². The molecule has 0 saturated carbocycles. The minimum absolute atomic E-state index is 0.165. The Labute approximate surface area is 111 Å². The molecule has 1 aromatic rings. The number of piperidine rings is 1. The molecule has 1 aromatic heterocycles. The van der Waals surface area contributed by atoms with Crippen LogP contribution in [-0.2, 0) is 0 Å². The van der Waals surface area contributed by atoms with Gasteiger partial charge in [-0.1, -0.05) is 0 Å². The standard InChI is InChI=1S/C11H12BrF3N2O/c12-8-7-16-4-1-9(8)17-5-2-10(18,3-6-17)11(13,14)15/h1,4,7,18H,2-3,5-6H2. The third-order valence-corrected chi connectivity index (χ3v) is 3.82. The van der Waals surface area contributed by atoms with Crippen molar-refractivity contribution in [1.29, 1.82) is 0 Å². The Bertz CT molecular complexity index is 431. The molecule has 0 amide bonds. The quantitative estimate of drug-likeness (QED) is 0.863. The van der Waals surface area contributed by atoms with Crippen molar-refractivity contribution in [2.45, 2.75) is 24.6 Å². The molecular formula is C11H12BrF3N2O. The first-order chi connectivity index (χ1) is 8.33. The van der Waals surface area contributed by atoms with Crippen LogP contribution in [0, 0.1) is 0 Å². The number of aromatic nitrogens is 1. The van der Waals surface area contributed by atoms with Crippen LogP contribution in [0.2, 0.25) is 0 Å². The van der Waals surface area contributed by atoms with E-state index in [2.05, 4.69) is 20.9 Å². The lowest BCUT2D eigenvalue weighted by atomic mass is 9.90. The van der Waals surface area contributed by atoms with E-state index in [0.717, 1.165) is 10.2 Å². The maximum Gasteiger partial charge on any atom is 0.417 e. The van der Waals surface area contributed by atoms with E-state index in [1.807, 2.05) is 4.90 Å². The number of hydrogen-bond donors (Lipinski definition) is 1. The normalized spacial score (nSPS) is 19.9. The molecule has 1 saturated heterocycles. The third-order valence-electron chi connectivity index (χ3n) is 3.21. The molecule has 0 radical (unpaired) electrons. The number of aliphatic hydroxyl groups is 1. The van der Waals surface area contributed by atoms with Crippen molar-refractivity contribution in [2.75, 3.05) is 18.0 Å². The average Bonchev–Trinajstić information content (AvgIpc) is 2.30. The van der Waals surface area contributed by atoms with Crippen LogP contribution in [-0.4, -0.2) is 35.0 Å². The highest BCUT2D eigenvalue weighted by Gasteiger charge is 2.54. The summed E-state index contributed by atoms with van der Waals surface area (Å²) in [6.07, 6.45) is -2.00. The molecule has 2 heterocycles. The number of alkyl halides is 3. The van der Waals surface area contributed by atoms with Gasteiger partial charge in [0.1, 0.15) is 0 Å². The fourth-order valence-corrected chi connectivity index (χ4v) is 2.53. The Morgan fingerprint density at radius 1 is 1.33 bits per heavy atom. The molecule has 0 spiro atoms. The smallest absolute Gasteiger partial charge is 0.380 e. The van der Waals surface area contributed by atoms with Gasteiger partial charge >= 0.3 is 6.18 Å². The molecule has 0 unspecified atom stereocenters. The SMILES string of the molecule is OC1(C(F)(F)F)CCN(c2ccncc2Br)CC1. The summed E-state index contributed by atoms with van der Waals surface area (Å²) in [5, 5.41) is 9.57. The molecule has 7 heteroatoms. The van der Waals surface area contributed by atoms with Gasteiger partial charge in [0.25, 0.3) is 0 Å². The van der Waals surface area contributed by atoms with Crippen LogP contribution >= 0.6 is 15.9 Å². The van der Waals surface area contributed by atoms with Crippen LogP contribution in [0.3, 0.4) is 0 Å². The summed E-state index contributed by atoms with van der Waals surface area (Å²) < 4.78 is 38.7. The molecule has 100 valence electrons. The van der Waals surface area contributed by atoms with E-state index >= 15 is 0 Å². The molecule has 0 aliphatic carbocycles. The highest BCUT2D eigenvalue weighted by Crippen LogP contribution is 2.40. The zero-order valence-electron chi connectivity index (χ0n) is 9.41. The Morgan fingerprint density at radius 2 is 1.94 bits per heavy atom. The van der Waals surface area contributed by atoms with Crippen LogP contribution in [0.4, 0.5) is 18.9 Å². The summed E-state index contributed by atoms with van der Waals surface area (Å²) in [6.45, 7) is 0.331. The van der Waals surface area contributed by atoms with Gasteiger partial charge in [0.05, 0.1) is 10.2 Å². The van der Waals surface area contributed by atoms with Gasteiger partial charge in [0.2, 0.25) is 0 Å². The minimum Gasteiger partial charge on any atom is -0.380 e. The number of halogens is 4. The molecule has 1 aliphatic heterocycles. The van der Waals surface area contributed by atoms with Gasteiger partial charge in [-0.25, -0.2) is 0 Å². The predicted octanol–water partition coefficient (Wildman–Crippen LogP) is 2.74. The van der Waals surface area contributed by atoms with Gasteiger partial charge in [-0.05, 0) is 22.0 Å². The Morgan fingerprint density at radius 3 is 2.44 bits per heavy atom. The minimum atomic E-state index is -4.56. The number of nitrogens with zero attached hydrogens (tertiary/aromatic N) is 2. The van der Waals surface area contributed by atoms with E-state index in [9.17, 15) is 18.3 Å². The topological polar surface area (TPSA) is 36.4 Å². The molecule has 0 aromatic carbocycles. The fraction of sp³-hybridized carbons (Fsp3) is 0.545. The van der Waals surface area contributed by atoms with Crippen molar-refractivity contribution in [3.8, 4) is 0 Å². The van der Waals surface area contributed by atoms with E-state index < -0.39 is 11.8 Å². The fourth-order valence-electron chi connectivity index (χ4n) is 2.03. The zero-order valence-corrected chi connectivity index (χ0v) is 11.0. The summed E-state index contributed by atoms with van der Waals surface area (Å²) in [5.41, 5.74) is -1.75. The summed E-state index contributed by atoms with van der Waals surface area (Å²) >= 11 is 3.31. The lowest BCUT2D eigenvalue weighted by Crippen LogP contribution is -2.53. The van der Waals surface area contributed by atoms with Crippen molar-refractivity contribution in [2.24, 2.45) is 0 Å². The van der Waals surface area contributed by atoms with Gasteiger partial charge in [-0.3, -0.25) is 4.98 Å². The van der Waals surface area contributed by atoms with E-state index in [0.29, 0.717) is 0 Å². The first-order valence-electron chi connectivity index (χ1n) is 5.47. The molecule has 0 bridgehead atoms. The van der Waals surface area contributed by atoms with Crippen LogP contribution < -0.4 is 4.90 Å². The predicted molar refractivity (Wildman–Crippen MR) is 64.4 cm³/mol. The first-order valence-corrected chi connectivity index (χ1v) is 6.26.